The molecule has 0 amide bonds. The summed E-state index contributed by atoms with van der Waals surface area (Å²) in [5.74, 6) is 1.45. The molecule has 0 unspecified atom stereocenters. The fraction of sp³-hybridized carbons (Fsp3) is 0.250. The zero-order valence-electron chi connectivity index (χ0n) is 9.58. The Balaban J connectivity index is 2.01. The van der Waals surface area contributed by atoms with Crippen LogP contribution in [0.25, 0.3) is 16.3 Å². The van der Waals surface area contributed by atoms with Crippen molar-refractivity contribution in [1.29, 1.82) is 0 Å². The first kappa shape index (κ1) is 11.6. The number of alkyl halides is 1. The van der Waals surface area contributed by atoms with Crippen molar-refractivity contribution in [2.75, 3.05) is 5.88 Å². The summed E-state index contributed by atoms with van der Waals surface area (Å²) in [5, 5.41) is 13.9. The number of benzene rings is 1. The maximum absolute atomic E-state index is 5.69. The van der Waals surface area contributed by atoms with E-state index in [2.05, 4.69) is 15.3 Å². The molecule has 0 aliphatic rings. The van der Waals surface area contributed by atoms with Crippen LogP contribution < -0.4 is 0 Å². The van der Waals surface area contributed by atoms with Crippen molar-refractivity contribution >= 4 is 27.9 Å². The molecule has 6 heteroatoms. The summed E-state index contributed by atoms with van der Waals surface area (Å²) in [7, 11) is 0. The topological polar surface area (TPSA) is 43.1 Å². The van der Waals surface area contributed by atoms with Gasteiger partial charge in [-0.2, -0.15) is 9.61 Å². The van der Waals surface area contributed by atoms with E-state index in [1.165, 1.54) is 0 Å². The molecular formula is C12H11ClN4S. The van der Waals surface area contributed by atoms with Gasteiger partial charge in [-0.15, -0.1) is 21.8 Å². The molecule has 18 heavy (non-hydrogen) atoms. The highest BCUT2D eigenvalue weighted by molar-refractivity contribution is 7.16. The Hall–Kier alpha value is -1.46. The normalized spacial score (nSPS) is 11.2. The molecule has 3 rings (SSSR count). The van der Waals surface area contributed by atoms with Crippen LogP contribution >= 0.6 is 22.9 Å². The van der Waals surface area contributed by atoms with E-state index < -0.39 is 0 Å². The maximum Gasteiger partial charge on any atom is 0.234 e. The van der Waals surface area contributed by atoms with Gasteiger partial charge in [-0.3, -0.25) is 0 Å². The Morgan fingerprint density at radius 2 is 2.00 bits per heavy atom. The largest absolute Gasteiger partial charge is 0.234 e. The Morgan fingerprint density at radius 3 is 2.78 bits per heavy atom. The van der Waals surface area contributed by atoms with Gasteiger partial charge in [-0.05, 0) is 6.42 Å². The monoisotopic (exact) mass is 278 g/mol. The predicted octanol–water partition coefficient (Wildman–Crippen LogP) is 3.02. The number of fused-ring (bicyclic) bond motifs is 1. The lowest BCUT2D eigenvalue weighted by molar-refractivity contribution is 0.851. The summed E-state index contributed by atoms with van der Waals surface area (Å²) in [4.78, 5) is 0.832. The minimum atomic E-state index is 0.658. The molecule has 4 nitrogen and oxygen atoms in total. The van der Waals surface area contributed by atoms with Gasteiger partial charge in [0.1, 0.15) is 5.01 Å². The summed E-state index contributed by atoms with van der Waals surface area (Å²) < 4.78 is 1.81. The van der Waals surface area contributed by atoms with Crippen LogP contribution in [0.15, 0.2) is 30.3 Å². The SMILES string of the molecule is ClCCCc1nn2c(-c3ccccc3)nnc2s1. The molecule has 0 bridgehead atoms. The summed E-state index contributed by atoms with van der Waals surface area (Å²) in [6.45, 7) is 0. The number of hydrogen-bond acceptors (Lipinski definition) is 4. The number of hydrogen-bond donors (Lipinski definition) is 0. The number of rotatable bonds is 4. The number of halogens is 1. The first-order valence-corrected chi connectivity index (χ1v) is 7.06. The van der Waals surface area contributed by atoms with Crippen LogP contribution in [-0.2, 0) is 6.42 Å². The van der Waals surface area contributed by atoms with E-state index in [4.69, 9.17) is 11.6 Å². The molecule has 0 saturated heterocycles. The van der Waals surface area contributed by atoms with Crippen molar-refractivity contribution in [3.63, 3.8) is 0 Å². The summed E-state index contributed by atoms with van der Waals surface area (Å²) in [6, 6.07) is 9.96. The van der Waals surface area contributed by atoms with Crippen LogP contribution in [-0.4, -0.2) is 25.7 Å². The van der Waals surface area contributed by atoms with E-state index >= 15 is 0 Å². The Bertz CT molecular complexity index is 646. The van der Waals surface area contributed by atoms with Crippen molar-refractivity contribution in [1.82, 2.24) is 19.8 Å². The van der Waals surface area contributed by atoms with E-state index in [-0.39, 0.29) is 0 Å². The lowest BCUT2D eigenvalue weighted by atomic mass is 10.2. The Labute approximate surface area is 113 Å². The van der Waals surface area contributed by atoms with Crippen molar-refractivity contribution < 1.29 is 0 Å². The average Bonchev–Trinajstić information content (AvgIpc) is 2.96. The first-order chi connectivity index (χ1) is 8.88. The fourth-order valence-electron chi connectivity index (χ4n) is 1.74. The Kier molecular flexibility index (Phi) is 3.25. The minimum absolute atomic E-state index is 0.658. The molecule has 0 radical (unpaired) electrons. The fourth-order valence-corrected chi connectivity index (χ4v) is 2.75. The van der Waals surface area contributed by atoms with Gasteiger partial charge in [-0.1, -0.05) is 41.7 Å². The predicted molar refractivity (Wildman–Crippen MR) is 73.1 cm³/mol. The van der Waals surface area contributed by atoms with Crippen molar-refractivity contribution in [3.8, 4) is 11.4 Å². The van der Waals surface area contributed by atoms with Gasteiger partial charge < -0.3 is 0 Å². The average molecular weight is 279 g/mol. The van der Waals surface area contributed by atoms with Gasteiger partial charge in [0.05, 0.1) is 0 Å². The third-order valence-corrected chi connectivity index (χ3v) is 3.81. The van der Waals surface area contributed by atoms with Crippen LogP contribution in [0.5, 0.6) is 0 Å². The molecular weight excluding hydrogens is 268 g/mol. The molecule has 0 aliphatic heterocycles. The molecule has 0 saturated carbocycles. The molecule has 2 heterocycles. The van der Waals surface area contributed by atoms with Crippen LogP contribution in [0.4, 0.5) is 0 Å². The summed E-state index contributed by atoms with van der Waals surface area (Å²) >= 11 is 7.27. The van der Waals surface area contributed by atoms with Crippen LogP contribution in [0, 0.1) is 0 Å². The molecule has 0 atom stereocenters. The highest BCUT2D eigenvalue weighted by atomic mass is 35.5. The second kappa shape index (κ2) is 5.04. The van der Waals surface area contributed by atoms with E-state index in [9.17, 15) is 0 Å². The van der Waals surface area contributed by atoms with Crippen LogP contribution in [0.1, 0.15) is 11.4 Å². The quantitative estimate of drug-likeness (QED) is 0.689. The lowest BCUT2D eigenvalue weighted by Gasteiger charge is -1.95. The van der Waals surface area contributed by atoms with Gasteiger partial charge in [-0.25, -0.2) is 0 Å². The standard InChI is InChI=1S/C12H11ClN4S/c13-8-4-7-10-16-17-11(14-15-12(17)18-10)9-5-2-1-3-6-9/h1-3,5-6H,4,7-8H2. The highest BCUT2D eigenvalue weighted by Crippen LogP contribution is 2.21. The zero-order valence-corrected chi connectivity index (χ0v) is 11.2. The third kappa shape index (κ3) is 2.11. The third-order valence-electron chi connectivity index (χ3n) is 2.59. The first-order valence-electron chi connectivity index (χ1n) is 5.71. The number of nitrogens with zero attached hydrogens (tertiary/aromatic N) is 4. The Morgan fingerprint density at radius 1 is 1.17 bits per heavy atom. The smallest absolute Gasteiger partial charge is 0.183 e. The van der Waals surface area contributed by atoms with Crippen LogP contribution in [0.3, 0.4) is 0 Å². The van der Waals surface area contributed by atoms with Crippen molar-refractivity contribution in [2.45, 2.75) is 12.8 Å². The van der Waals surface area contributed by atoms with E-state index in [1.54, 1.807) is 11.3 Å². The molecule has 1 aromatic carbocycles. The van der Waals surface area contributed by atoms with Crippen molar-refractivity contribution in [3.05, 3.63) is 35.3 Å². The second-order valence-electron chi connectivity index (χ2n) is 3.87. The van der Waals surface area contributed by atoms with E-state index in [1.807, 2.05) is 34.8 Å². The highest BCUT2D eigenvalue weighted by Gasteiger charge is 2.12. The molecule has 0 fully saturated rings. The van der Waals surface area contributed by atoms with Crippen molar-refractivity contribution in [2.24, 2.45) is 0 Å². The van der Waals surface area contributed by atoms with Gasteiger partial charge in [0.2, 0.25) is 4.96 Å². The molecule has 92 valence electrons. The van der Waals surface area contributed by atoms with Crippen LogP contribution in [0.2, 0.25) is 0 Å². The molecule has 0 spiro atoms. The van der Waals surface area contributed by atoms with Gasteiger partial charge in [0.25, 0.3) is 0 Å². The summed E-state index contributed by atoms with van der Waals surface area (Å²) in [5.41, 5.74) is 1.03. The van der Waals surface area contributed by atoms with E-state index in [0.29, 0.717) is 5.88 Å². The minimum Gasteiger partial charge on any atom is -0.183 e. The number of aromatic nitrogens is 4. The number of aryl methyl sites for hydroxylation is 1. The van der Waals surface area contributed by atoms with Gasteiger partial charge >= 0.3 is 0 Å². The van der Waals surface area contributed by atoms with Gasteiger partial charge in [0, 0.05) is 17.9 Å². The molecule has 3 aromatic rings. The molecule has 0 aliphatic carbocycles. The maximum atomic E-state index is 5.69. The molecule has 2 aromatic heterocycles. The molecule has 0 N–H and O–H groups in total. The van der Waals surface area contributed by atoms with Gasteiger partial charge in [0.15, 0.2) is 5.82 Å². The van der Waals surface area contributed by atoms with E-state index in [0.717, 1.165) is 34.2 Å². The second-order valence-corrected chi connectivity index (χ2v) is 5.29. The summed E-state index contributed by atoms with van der Waals surface area (Å²) in [6.07, 6.45) is 1.83. The lowest BCUT2D eigenvalue weighted by Crippen LogP contribution is -1.92. The zero-order chi connectivity index (χ0) is 12.4.